The van der Waals surface area contributed by atoms with Gasteiger partial charge in [-0.1, -0.05) is 37.5 Å². The molecule has 4 rings (SSSR count). The smallest absolute Gasteiger partial charge is 0.252 e. The predicted octanol–water partition coefficient (Wildman–Crippen LogP) is 3.36. The third-order valence-electron chi connectivity index (χ3n) is 6.41. The van der Waals surface area contributed by atoms with Crippen LogP contribution in [0.3, 0.4) is 0 Å². The second-order valence-corrected chi connectivity index (χ2v) is 9.40. The number of nitrogens with zero attached hydrogens (tertiary/aromatic N) is 2. The van der Waals surface area contributed by atoms with Crippen molar-refractivity contribution in [3.63, 3.8) is 0 Å². The molecule has 7 nitrogen and oxygen atoms in total. The third-order valence-corrected chi connectivity index (χ3v) is 6.41. The number of carbonyl (C=O) groups excluding carboxylic acids is 2. The van der Waals surface area contributed by atoms with E-state index in [1.807, 2.05) is 38.1 Å². The lowest BCUT2D eigenvalue weighted by Gasteiger charge is -2.37. The lowest BCUT2D eigenvalue weighted by atomic mass is 9.82. The standard InChI is InChI=1S/C25H33N3O4/c1-17(2)26-24(30)19-14-21(27-20-9-5-4-8-18(19)20)22-16-28(12-13-32-22)23(29)15-25(31)10-6-3-7-11-25/h4-5,8-9,14,17,22,31H,3,6-7,10-13,15-16H2,1-2H3,(H,26,30). The zero-order chi connectivity index (χ0) is 22.7. The normalized spacial score (nSPS) is 21.0. The van der Waals surface area contributed by atoms with E-state index in [1.54, 1.807) is 11.0 Å². The average Bonchev–Trinajstić information content (AvgIpc) is 2.78. The first-order valence-electron chi connectivity index (χ1n) is 11.7. The number of rotatable bonds is 5. The molecule has 2 N–H and O–H groups in total. The molecule has 1 aromatic carbocycles. The number of nitrogens with one attached hydrogen (secondary N) is 1. The molecule has 1 saturated carbocycles. The van der Waals surface area contributed by atoms with E-state index < -0.39 is 11.7 Å². The van der Waals surface area contributed by atoms with Crippen LogP contribution in [-0.4, -0.2) is 58.1 Å². The lowest BCUT2D eigenvalue weighted by Crippen LogP contribution is -2.46. The molecule has 1 saturated heterocycles. The van der Waals surface area contributed by atoms with E-state index in [0.29, 0.717) is 43.8 Å². The van der Waals surface area contributed by atoms with Crippen molar-refractivity contribution in [1.29, 1.82) is 0 Å². The largest absolute Gasteiger partial charge is 0.389 e. The number of fused-ring (bicyclic) bond motifs is 1. The topological polar surface area (TPSA) is 91.8 Å². The quantitative estimate of drug-likeness (QED) is 0.745. The Morgan fingerprint density at radius 3 is 2.75 bits per heavy atom. The van der Waals surface area contributed by atoms with E-state index >= 15 is 0 Å². The van der Waals surface area contributed by atoms with Gasteiger partial charge in [-0.25, -0.2) is 4.98 Å². The van der Waals surface area contributed by atoms with Gasteiger partial charge >= 0.3 is 0 Å². The lowest BCUT2D eigenvalue weighted by molar-refractivity contribution is -0.145. The summed E-state index contributed by atoms with van der Waals surface area (Å²) in [4.78, 5) is 32.4. The zero-order valence-corrected chi connectivity index (χ0v) is 19.0. The van der Waals surface area contributed by atoms with Crippen LogP contribution in [0.2, 0.25) is 0 Å². The summed E-state index contributed by atoms with van der Waals surface area (Å²) in [5, 5.41) is 14.6. The fourth-order valence-electron chi connectivity index (χ4n) is 4.72. The average molecular weight is 440 g/mol. The summed E-state index contributed by atoms with van der Waals surface area (Å²) in [7, 11) is 0. The number of carbonyl (C=O) groups is 2. The molecule has 7 heteroatoms. The number of para-hydroxylation sites is 1. The monoisotopic (exact) mass is 439 g/mol. The summed E-state index contributed by atoms with van der Waals surface area (Å²) in [6.45, 7) is 5.12. The van der Waals surface area contributed by atoms with Crippen molar-refractivity contribution in [1.82, 2.24) is 15.2 Å². The van der Waals surface area contributed by atoms with Crippen LogP contribution in [0.15, 0.2) is 30.3 Å². The Kier molecular flexibility index (Phi) is 6.76. The first-order chi connectivity index (χ1) is 15.3. The molecule has 2 heterocycles. The van der Waals surface area contributed by atoms with Gasteiger partial charge in [0.1, 0.15) is 6.10 Å². The molecular weight excluding hydrogens is 406 g/mol. The Balaban J connectivity index is 1.55. The molecular formula is C25H33N3O4. The summed E-state index contributed by atoms with van der Waals surface area (Å²) >= 11 is 0. The van der Waals surface area contributed by atoms with Crippen LogP contribution in [0.25, 0.3) is 10.9 Å². The van der Waals surface area contributed by atoms with Gasteiger partial charge in [0.25, 0.3) is 5.91 Å². The number of ether oxygens (including phenoxy) is 1. The minimum absolute atomic E-state index is 0.0162. The molecule has 2 aliphatic rings. The first kappa shape index (κ1) is 22.7. The van der Waals surface area contributed by atoms with Crippen LogP contribution in [0, 0.1) is 0 Å². The number of aromatic nitrogens is 1. The van der Waals surface area contributed by atoms with Crippen molar-refractivity contribution in [3.8, 4) is 0 Å². The Bertz CT molecular complexity index is 984. The second-order valence-electron chi connectivity index (χ2n) is 9.40. The van der Waals surface area contributed by atoms with Crippen molar-refractivity contribution in [2.24, 2.45) is 0 Å². The molecule has 1 aliphatic carbocycles. The van der Waals surface area contributed by atoms with Gasteiger partial charge in [0.15, 0.2) is 0 Å². The van der Waals surface area contributed by atoms with Gasteiger partial charge in [-0.2, -0.15) is 0 Å². The Hall–Kier alpha value is -2.51. The van der Waals surface area contributed by atoms with Crippen molar-refractivity contribution < 1.29 is 19.4 Å². The maximum Gasteiger partial charge on any atom is 0.252 e. The number of hydrogen-bond donors (Lipinski definition) is 2. The van der Waals surface area contributed by atoms with Gasteiger partial charge in [0.2, 0.25) is 5.91 Å². The molecule has 0 spiro atoms. The summed E-state index contributed by atoms with van der Waals surface area (Å²) in [5.41, 5.74) is 1.05. The molecule has 1 unspecified atom stereocenters. The van der Waals surface area contributed by atoms with E-state index in [2.05, 4.69) is 5.32 Å². The molecule has 1 aromatic heterocycles. The highest BCUT2D eigenvalue weighted by molar-refractivity contribution is 6.06. The second kappa shape index (κ2) is 9.55. The zero-order valence-electron chi connectivity index (χ0n) is 19.0. The summed E-state index contributed by atoms with van der Waals surface area (Å²) < 4.78 is 5.97. The molecule has 0 bridgehead atoms. The maximum absolute atomic E-state index is 13.0. The van der Waals surface area contributed by atoms with Gasteiger partial charge < -0.3 is 20.1 Å². The Labute approximate surface area is 189 Å². The minimum Gasteiger partial charge on any atom is -0.389 e. The molecule has 172 valence electrons. The van der Waals surface area contributed by atoms with E-state index in [-0.39, 0.29) is 24.3 Å². The van der Waals surface area contributed by atoms with E-state index in [1.165, 1.54) is 0 Å². The maximum atomic E-state index is 13.0. The number of pyridine rings is 1. The number of hydrogen-bond acceptors (Lipinski definition) is 5. The summed E-state index contributed by atoms with van der Waals surface area (Å²) in [6.07, 6.45) is 4.18. The van der Waals surface area contributed by atoms with Crippen molar-refractivity contribution >= 4 is 22.7 Å². The highest BCUT2D eigenvalue weighted by atomic mass is 16.5. The van der Waals surface area contributed by atoms with Crippen LogP contribution < -0.4 is 5.32 Å². The van der Waals surface area contributed by atoms with Gasteiger partial charge in [0.05, 0.1) is 41.9 Å². The van der Waals surface area contributed by atoms with Gasteiger partial charge in [-0.3, -0.25) is 9.59 Å². The van der Waals surface area contributed by atoms with Crippen LogP contribution in [0.4, 0.5) is 0 Å². The highest BCUT2D eigenvalue weighted by Gasteiger charge is 2.35. The van der Waals surface area contributed by atoms with Crippen LogP contribution in [-0.2, 0) is 9.53 Å². The number of benzene rings is 1. The fourth-order valence-corrected chi connectivity index (χ4v) is 4.72. The van der Waals surface area contributed by atoms with E-state index in [9.17, 15) is 14.7 Å². The van der Waals surface area contributed by atoms with E-state index in [4.69, 9.17) is 9.72 Å². The summed E-state index contributed by atoms with van der Waals surface area (Å²) in [5.74, 6) is -0.190. The molecule has 2 fully saturated rings. The molecule has 1 atom stereocenters. The Morgan fingerprint density at radius 1 is 1.25 bits per heavy atom. The third kappa shape index (κ3) is 5.10. The minimum atomic E-state index is -0.883. The highest BCUT2D eigenvalue weighted by Crippen LogP contribution is 2.32. The Morgan fingerprint density at radius 2 is 2.00 bits per heavy atom. The first-order valence-corrected chi connectivity index (χ1v) is 11.7. The fraction of sp³-hybridized carbons (Fsp3) is 0.560. The van der Waals surface area contributed by atoms with Crippen molar-refractivity contribution in [3.05, 3.63) is 41.6 Å². The number of amides is 2. The van der Waals surface area contributed by atoms with Crippen LogP contribution in [0.1, 0.15) is 74.5 Å². The number of morpholine rings is 1. The van der Waals surface area contributed by atoms with Gasteiger partial charge in [-0.15, -0.1) is 0 Å². The van der Waals surface area contributed by atoms with Gasteiger partial charge in [0, 0.05) is 18.0 Å². The SMILES string of the molecule is CC(C)NC(=O)c1cc(C2CN(C(=O)CC3(O)CCCCC3)CCO2)nc2ccccc12. The summed E-state index contributed by atoms with van der Waals surface area (Å²) in [6, 6.07) is 9.36. The van der Waals surface area contributed by atoms with Crippen molar-refractivity contribution in [2.75, 3.05) is 19.7 Å². The molecule has 0 radical (unpaired) electrons. The molecule has 32 heavy (non-hydrogen) atoms. The van der Waals surface area contributed by atoms with E-state index in [0.717, 1.165) is 30.2 Å². The number of aliphatic hydroxyl groups is 1. The van der Waals surface area contributed by atoms with Crippen molar-refractivity contribution in [2.45, 2.75) is 70.1 Å². The predicted molar refractivity (Wildman–Crippen MR) is 122 cm³/mol. The van der Waals surface area contributed by atoms with Gasteiger partial charge in [-0.05, 0) is 38.8 Å². The molecule has 2 aromatic rings. The molecule has 2 amide bonds. The van der Waals surface area contributed by atoms with Crippen LogP contribution in [0.5, 0.6) is 0 Å². The molecule has 1 aliphatic heterocycles. The van der Waals surface area contributed by atoms with Crippen LogP contribution >= 0.6 is 0 Å².